The zero-order valence-corrected chi connectivity index (χ0v) is 17.9. The van der Waals surface area contributed by atoms with E-state index in [9.17, 15) is 9.59 Å². The third kappa shape index (κ3) is 3.91. The van der Waals surface area contributed by atoms with Gasteiger partial charge in [0.25, 0.3) is 0 Å². The SMILES string of the molecule is CCN(CC)c1ccc(/C=C/C(=O)c2ccc3sc4ccccc4c(=O)c3c2)cc1. The molecule has 0 fully saturated rings. The second-order valence-electron chi connectivity index (χ2n) is 7.10. The van der Waals surface area contributed by atoms with Gasteiger partial charge in [-0.25, -0.2) is 0 Å². The number of fused-ring (bicyclic) bond motifs is 2. The molecule has 0 radical (unpaired) electrons. The van der Waals surface area contributed by atoms with E-state index in [0.717, 1.165) is 28.1 Å². The summed E-state index contributed by atoms with van der Waals surface area (Å²) in [7, 11) is 0. The summed E-state index contributed by atoms with van der Waals surface area (Å²) in [5.41, 5.74) is 2.65. The van der Waals surface area contributed by atoms with E-state index in [0.29, 0.717) is 16.3 Å². The maximum Gasteiger partial charge on any atom is 0.195 e. The fourth-order valence-electron chi connectivity index (χ4n) is 3.61. The molecule has 0 aliphatic heterocycles. The first-order chi connectivity index (χ1) is 14.6. The number of carbonyl (C=O) groups excluding carboxylic acids is 1. The average Bonchev–Trinajstić information content (AvgIpc) is 2.79. The van der Waals surface area contributed by atoms with E-state index < -0.39 is 0 Å². The van der Waals surface area contributed by atoms with E-state index in [-0.39, 0.29) is 11.2 Å². The van der Waals surface area contributed by atoms with Gasteiger partial charge in [0.05, 0.1) is 0 Å². The first-order valence-electron chi connectivity index (χ1n) is 10.1. The molecule has 0 aliphatic carbocycles. The standard InChI is InChI=1S/C26H23NO2S/c1-3-27(4-2)20-13-9-18(10-14-20)11-15-23(28)19-12-16-25-22(17-19)26(29)21-7-5-6-8-24(21)30-25/h5-17H,3-4H2,1-2H3/b15-11+. The number of carbonyl (C=O) groups is 1. The Morgan fingerprint density at radius 1 is 0.900 bits per heavy atom. The smallest absolute Gasteiger partial charge is 0.195 e. The largest absolute Gasteiger partial charge is 0.372 e. The molecule has 3 nitrogen and oxygen atoms in total. The van der Waals surface area contributed by atoms with Gasteiger partial charge in [0.2, 0.25) is 0 Å². The minimum Gasteiger partial charge on any atom is -0.372 e. The summed E-state index contributed by atoms with van der Waals surface area (Å²) in [6.07, 6.45) is 3.39. The van der Waals surface area contributed by atoms with Gasteiger partial charge in [-0.2, -0.15) is 0 Å². The van der Waals surface area contributed by atoms with Gasteiger partial charge in [-0.15, -0.1) is 11.3 Å². The van der Waals surface area contributed by atoms with E-state index in [2.05, 4.69) is 30.9 Å². The number of rotatable bonds is 6. The number of hydrogen-bond acceptors (Lipinski definition) is 4. The molecule has 4 rings (SSSR count). The van der Waals surface area contributed by atoms with Crippen LogP contribution in [0, 0.1) is 0 Å². The number of benzene rings is 3. The molecule has 1 aromatic heterocycles. The van der Waals surface area contributed by atoms with Crippen LogP contribution >= 0.6 is 11.3 Å². The molecule has 0 atom stereocenters. The van der Waals surface area contributed by atoms with E-state index in [1.54, 1.807) is 29.5 Å². The van der Waals surface area contributed by atoms with Crippen molar-refractivity contribution in [3.05, 3.63) is 94.2 Å². The summed E-state index contributed by atoms with van der Waals surface area (Å²) in [5, 5.41) is 1.30. The fraction of sp³-hybridized carbons (Fsp3) is 0.154. The van der Waals surface area contributed by atoms with Crippen LogP contribution in [-0.2, 0) is 0 Å². The van der Waals surface area contributed by atoms with Gasteiger partial charge in [0, 0.05) is 44.5 Å². The third-order valence-corrected chi connectivity index (χ3v) is 6.46. The minimum absolute atomic E-state index is 0.0232. The maximum absolute atomic E-state index is 12.9. The molecule has 1 heterocycles. The molecule has 4 heteroatoms. The number of anilines is 1. The van der Waals surface area contributed by atoms with Crippen LogP contribution in [0.3, 0.4) is 0 Å². The molecule has 0 spiro atoms. The van der Waals surface area contributed by atoms with E-state index in [1.165, 1.54) is 5.69 Å². The van der Waals surface area contributed by atoms with Gasteiger partial charge in [0.1, 0.15) is 0 Å². The molecule has 0 unspecified atom stereocenters. The first-order valence-corrected chi connectivity index (χ1v) is 11.0. The van der Waals surface area contributed by atoms with Gasteiger partial charge < -0.3 is 4.90 Å². The van der Waals surface area contributed by atoms with Gasteiger partial charge in [-0.1, -0.05) is 30.3 Å². The highest BCUT2D eigenvalue weighted by atomic mass is 32.1. The molecule has 0 N–H and O–H groups in total. The van der Waals surface area contributed by atoms with Crippen LogP contribution < -0.4 is 10.3 Å². The number of allylic oxidation sites excluding steroid dienone is 1. The lowest BCUT2D eigenvalue weighted by molar-refractivity contribution is 0.104. The predicted octanol–water partition coefficient (Wildman–Crippen LogP) is 6.16. The zero-order chi connectivity index (χ0) is 21.1. The average molecular weight is 414 g/mol. The van der Waals surface area contributed by atoms with Crippen LogP contribution in [0.5, 0.6) is 0 Å². The van der Waals surface area contributed by atoms with E-state index in [4.69, 9.17) is 0 Å². The van der Waals surface area contributed by atoms with Gasteiger partial charge in [-0.3, -0.25) is 9.59 Å². The normalized spacial score (nSPS) is 11.4. The second kappa shape index (κ2) is 8.64. The molecular weight excluding hydrogens is 390 g/mol. The first kappa shape index (κ1) is 20.0. The van der Waals surface area contributed by atoms with Crippen molar-refractivity contribution < 1.29 is 4.79 Å². The molecule has 0 saturated heterocycles. The molecule has 0 bridgehead atoms. The lowest BCUT2D eigenvalue weighted by Crippen LogP contribution is -2.21. The van der Waals surface area contributed by atoms with E-state index >= 15 is 0 Å². The summed E-state index contributed by atoms with van der Waals surface area (Å²) in [4.78, 5) is 27.8. The fourth-order valence-corrected chi connectivity index (χ4v) is 4.66. The highest BCUT2D eigenvalue weighted by Crippen LogP contribution is 2.25. The number of hydrogen-bond donors (Lipinski definition) is 0. The van der Waals surface area contributed by atoms with Crippen LogP contribution in [0.2, 0.25) is 0 Å². The molecule has 3 aromatic carbocycles. The van der Waals surface area contributed by atoms with Crippen molar-refractivity contribution in [2.24, 2.45) is 0 Å². The lowest BCUT2D eigenvalue weighted by atomic mass is 10.1. The van der Waals surface area contributed by atoms with Gasteiger partial charge >= 0.3 is 0 Å². The van der Waals surface area contributed by atoms with Crippen LogP contribution in [-0.4, -0.2) is 18.9 Å². The Kier molecular flexibility index (Phi) is 5.77. The van der Waals surface area contributed by atoms with Gasteiger partial charge in [0.15, 0.2) is 11.2 Å². The molecule has 30 heavy (non-hydrogen) atoms. The van der Waals surface area contributed by atoms with Crippen molar-refractivity contribution in [2.75, 3.05) is 18.0 Å². The number of nitrogens with zero attached hydrogens (tertiary/aromatic N) is 1. The van der Waals surface area contributed by atoms with Gasteiger partial charge in [-0.05, 0) is 68.0 Å². The summed E-state index contributed by atoms with van der Waals surface area (Å²) in [6, 6.07) is 21.1. The minimum atomic E-state index is -0.109. The van der Waals surface area contributed by atoms with Crippen molar-refractivity contribution in [3.63, 3.8) is 0 Å². The van der Waals surface area contributed by atoms with Crippen molar-refractivity contribution >= 4 is 49.1 Å². The molecular formula is C26H23NO2S. The number of ketones is 1. The molecule has 0 saturated carbocycles. The summed E-state index contributed by atoms with van der Waals surface area (Å²) in [5.74, 6) is -0.109. The summed E-state index contributed by atoms with van der Waals surface area (Å²) >= 11 is 1.57. The third-order valence-electron chi connectivity index (χ3n) is 5.31. The second-order valence-corrected chi connectivity index (χ2v) is 8.18. The highest BCUT2D eigenvalue weighted by Gasteiger charge is 2.09. The predicted molar refractivity (Wildman–Crippen MR) is 129 cm³/mol. The Morgan fingerprint density at radius 3 is 2.33 bits per heavy atom. The topological polar surface area (TPSA) is 37.4 Å². The zero-order valence-electron chi connectivity index (χ0n) is 17.1. The van der Waals surface area contributed by atoms with Crippen LogP contribution in [0.25, 0.3) is 26.2 Å². The Morgan fingerprint density at radius 2 is 1.60 bits per heavy atom. The Hall–Kier alpha value is -3.24. The lowest BCUT2D eigenvalue weighted by Gasteiger charge is -2.20. The van der Waals surface area contributed by atoms with Crippen molar-refractivity contribution in [1.82, 2.24) is 0 Å². The van der Waals surface area contributed by atoms with Crippen LogP contribution in [0.4, 0.5) is 5.69 Å². The molecule has 4 aromatic rings. The van der Waals surface area contributed by atoms with Crippen LogP contribution in [0.15, 0.2) is 77.6 Å². The molecule has 0 aliphatic rings. The van der Waals surface area contributed by atoms with Crippen molar-refractivity contribution in [3.8, 4) is 0 Å². The van der Waals surface area contributed by atoms with Crippen molar-refractivity contribution in [2.45, 2.75) is 13.8 Å². The quantitative estimate of drug-likeness (QED) is 0.216. The Bertz CT molecular complexity index is 1300. The monoisotopic (exact) mass is 413 g/mol. The molecule has 0 amide bonds. The maximum atomic E-state index is 12.9. The van der Waals surface area contributed by atoms with Crippen LogP contribution in [0.1, 0.15) is 29.8 Å². The van der Waals surface area contributed by atoms with E-state index in [1.807, 2.05) is 48.5 Å². The molecule has 150 valence electrons. The summed E-state index contributed by atoms with van der Waals surface area (Å²) in [6.45, 7) is 6.20. The van der Waals surface area contributed by atoms with Crippen molar-refractivity contribution in [1.29, 1.82) is 0 Å². The highest BCUT2D eigenvalue weighted by molar-refractivity contribution is 7.24. The Balaban J connectivity index is 1.61. The Labute approximate surface area is 179 Å². The summed E-state index contributed by atoms with van der Waals surface area (Å²) < 4.78 is 1.85.